The van der Waals surface area contributed by atoms with Crippen LogP contribution in [0.2, 0.25) is 0 Å². The normalized spacial score (nSPS) is 32.2. The molecule has 2 aliphatic rings. The predicted octanol–water partition coefficient (Wildman–Crippen LogP) is 0.734. The van der Waals surface area contributed by atoms with Crippen molar-refractivity contribution in [3.05, 3.63) is 23.8 Å². The van der Waals surface area contributed by atoms with Crippen molar-refractivity contribution in [2.24, 2.45) is 11.8 Å². The molecule has 2 rings (SSSR count). The lowest BCUT2D eigenvalue weighted by Crippen LogP contribution is -2.25. The van der Waals surface area contributed by atoms with Crippen LogP contribution >= 0.6 is 0 Å². The molecule has 1 fully saturated rings. The zero-order valence-electron chi connectivity index (χ0n) is 7.65. The highest BCUT2D eigenvalue weighted by atomic mass is 16.2. The number of hydrogen-bond acceptors (Lipinski definition) is 2. The van der Waals surface area contributed by atoms with Gasteiger partial charge in [0.2, 0.25) is 11.8 Å². The third kappa shape index (κ3) is 1.03. The molecule has 3 nitrogen and oxygen atoms in total. The van der Waals surface area contributed by atoms with Gasteiger partial charge in [-0.1, -0.05) is 23.8 Å². The summed E-state index contributed by atoms with van der Waals surface area (Å²) in [6, 6.07) is 0. The Labute approximate surface area is 76.7 Å². The number of imide groups is 1. The van der Waals surface area contributed by atoms with E-state index in [0.717, 1.165) is 5.57 Å². The average molecular weight is 177 g/mol. The van der Waals surface area contributed by atoms with Gasteiger partial charge in [0.25, 0.3) is 0 Å². The summed E-state index contributed by atoms with van der Waals surface area (Å²) in [6.45, 7) is 1.93. The minimum atomic E-state index is -0.249. The molecule has 1 saturated heterocycles. The number of carbonyl (C=O) groups is 2. The predicted molar refractivity (Wildman–Crippen MR) is 47.7 cm³/mol. The Bertz CT molecular complexity index is 341. The van der Waals surface area contributed by atoms with Gasteiger partial charge in [-0.2, -0.15) is 0 Å². The first-order valence-corrected chi connectivity index (χ1v) is 4.29. The number of amides is 2. The summed E-state index contributed by atoms with van der Waals surface area (Å²) < 4.78 is 0. The first-order valence-electron chi connectivity index (χ1n) is 4.29. The molecule has 0 radical (unpaired) electrons. The van der Waals surface area contributed by atoms with Crippen molar-refractivity contribution in [2.45, 2.75) is 6.92 Å². The molecule has 13 heavy (non-hydrogen) atoms. The summed E-state index contributed by atoms with van der Waals surface area (Å²) in [5, 5.41) is 0. The number of fused-ring (bicyclic) bond motifs is 1. The van der Waals surface area contributed by atoms with Crippen LogP contribution in [0.4, 0.5) is 0 Å². The molecule has 2 atom stereocenters. The molecule has 0 spiro atoms. The van der Waals surface area contributed by atoms with Gasteiger partial charge in [0.15, 0.2) is 0 Å². The lowest BCUT2D eigenvalue weighted by Gasteiger charge is -2.11. The summed E-state index contributed by atoms with van der Waals surface area (Å²) in [4.78, 5) is 24.2. The monoisotopic (exact) mass is 177 g/mol. The summed E-state index contributed by atoms with van der Waals surface area (Å²) in [6.07, 6.45) is 5.59. The molecule has 0 aromatic carbocycles. The highest BCUT2D eigenvalue weighted by Gasteiger charge is 2.43. The van der Waals surface area contributed by atoms with Gasteiger partial charge in [0.1, 0.15) is 0 Å². The van der Waals surface area contributed by atoms with E-state index in [2.05, 4.69) is 0 Å². The van der Waals surface area contributed by atoms with Gasteiger partial charge in [-0.25, -0.2) is 0 Å². The standard InChI is InChI=1S/C10H11NO2/c1-6-3-4-7-8(5-6)10(13)11(2)9(7)12/h3-5,7-8H,1-2H3. The van der Waals surface area contributed by atoms with Gasteiger partial charge in [-0.05, 0) is 6.92 Å². The number of carbonyl (C=O) groups excluding carboxylic acids is 2. The Morgan fingerprint density at radius 1 is 1.23 bits per heavy atom. The van der Waals surface area contributed by atoms with Gasteiger partial charge in [-0.3, -0.25) is 14.5 Å². The quantitative estimate of drug-likeness (QED) is 0.511. The lowest BCUT2D eigenvalue weighted by atomic mass is 9.88. The number of rotatable bonds is 0. The molecular weight excluding hydrogens is 166 g/mol. The first-order chi connectivity index (χ1) is 6.11. The second kappa shape index (κ2) is 2.55. The average Bonchev–Trinajstić information content (AvgIpc) is 2.32. The number of likely N-dealkylation sites (tertiary alicyclic amines) is 1. The maximum Gasteiger partial charge on any atom is 0.236 e. The van der Waals surface area contributed by atoms with Crippen molar-refractivity contribution in [3.63, 3.8) is 0 Å². The van der Waals surface area contributed by atoms with Crippen molar-refractivity contribution >= 4 is 11.8 Å². The lowest BCUT2D eigenvalue weighted by molar-refractivity contribution is -0.137. The van der Waals surface area contributed by atoms with Gasteiger partial charge < -0.3 is 0 Å². The summed E-state index contributed by atoms with van der Waals surface area (Å²) >= 11 is 0. The van der Waals surface area contributed by atoms with Crippen LogP contribution in [-0.2, 0) is 9.59 Å². The Hall–Kier alpha value is -1.38. The Kier molecular flexibility index (Phi) is 1.62. The third-order valence-corrected chi connectivity index (χ3v) is 2.63. The molecule has 0 aromatic heterocycles. The van der Waals surface area contributed by atoms with Crippen LogP contribution in [0.15, 0.2) is 23.8 Å². The van der Waals surface area contributed by atoms with Crippen LogP contribution in [0, 0.1) is 11.8 Å². The largest absolute Gasteiger partial charge is 0.285 e. The van der Waals surface area contributed by atoms with E-state index in [4.69, 9.17) is 0 Å². The van der Waals surface area contributed by atoms with E-state index in [0.29, 0.717) is 0 Å². The van der Waals surface area contributed by atoms with Crippen LogP contribution < -0.4 is 0 Å². The first kappa shape index (κ1) is 8.23. The summed E-state index contributed by atoms with van der Waals surface area (Å²) in [7, 11) is 1.54. The molecule has 0 saturated carbocycles. The molecule has 0 bridgehead atoms. The maximum atomic E-state index is 11.5. The number of nitrogens with zero attached hydrogens (tertiary/aromatic N) is 1. The zero-order valence-corrected chi connectivity index (χ0v) is 7.65. The fourth-order valence-electron chi connectivity index (χ4n) is 1.83. The van der Waals surface area contributed by atoms with Crippen LogP contribution in [0.3, 0.4) is 0 Å². The second-order valence-corrected chi connectivity index (χ2v) is 3.56. The zero-order chi connectivity index (χ0) is 9.59. The Morgan fingerprint density at radius 2 is 1.85 bits per heavy atom. The molecule has 0 N–H and O–H groups in total. The molecule has 68 valence electrons. The third-order valence-electron chi connectivity index (χ3n) is 2.63. The second-order valence-electron chi connectivity index (χ2n) is 3.56. The van der Waals surface area contributed by atoms with E-state index in [1.165, 1.54) is 4.90 Å². The number of allylic oxidation sites excluding steroid dienone is 2. The molecule has 1 heterocycles. The van der Waals surface area contributed by atoms with E-state index in [9.17, 15) is 9.59 Å². The van der Waals surface area contributed by atoms with Crippen LogP contribution in [0.1, 0.15) is 6.92 Å². The van der Waals surface area contributed by atoms with Gasteiger partial charge in [-0.15, -0.1) is 0 Å². The molecule has 0 aromatic rings. The van der Waals surface area contributed by atoms with E-state index >= 15 is 0 Å². The summed E-state index contributed by atoms with van der Waals surface area (Å²) in [5.41, 5.74) is 1.05. The highest BCUT2D eigenvalue weighted by Crippen LogP contribution is 2.31. The summed E-state index contributed by atoms with van der Waals surface area (Å²) in [5.74, 6) is -0.669. The van der Waals surface area contributed by atoms with Crippen molar-refractivity contribution in [3.8, 4) is 0 Å². The van der Waals surface area contributed by atoms with E-state index in [1.54, 1.807) is 7.05 Å². The fourth-order valence-corrected chi connectivity index (χ4v) is 1.83. The number of hydrogen-bond donors (Lipinski definition) is 0. The minimum Gasteiger partial charge on any atom is -0.285 e. The molecule has 2 amide bonds. The van der Waals surface area contributed by atoms with Crippen LogP contribution in [0.5, 0.6) is 0 Å². The molecule has 2 unspecified atom stereocenters. The fraction of sp³-hybridized carbons (Fsp3) is 0.400. The van der Waals surface area contributed by atoms with E-state index in [-0.39, 0.29) is 23.7 Å². The van der Waals surface area contributed by atoms with Crippen molar-refractivity contribution < 1.29 is 9.59 Å². The SMILES string of the molecule is CC1=CC2C(=O)N(C)C(=O)C2C=C1. The maximum absolute atomic E-state index is 11.5. The Morgan fingerprint density at radius 3 is 2.54 bits per heavy atom. The van der Waals surface area contributed by atoms with Crippen molar-refractivity contribution in [1.82, 2.24) is 4.90 Å². The highest BCUT2D eigenvalue weighted by molar-refractivity contribution is 6.06. The smallest absolute Gasteiger partial charge is 0.236 e. The van der Waals surface area contributed by atoms with Crippen molar-refractivity contribution in [1.29, 1.82) is 0 Å². The van der Waals surface area contributed by atoms with E-state index < -0.39 is 0 Å². The van der Waals surface area contributed by atoms with Gasteiger partial charge >= 0.3 is 0 Å². The molecule has 1 aliphatic carbocycles. The minimum absolute atomic E-state index is 0.0845. The molecular formula is C10H11NO2. The van der Waals surface area contributed by atoms with Gasteiger partial charge in [0.05, 0.1) is 11.8 Å². The van der Waals surface area contributed by atoms with Gasteiger partial charge in [0, 0.05) is 7.05 Å². The Balaban J connectivity index is 2.40. The van der Waals surface area contributed by atoms with Crippen LogP contribution in [-0.4, -0.2) is 23.8 Å². The molecule has 3 heteroatoms. The topological polar surface area (TPSA) is 37.4 Å². The van der Waals surface area contributed by atoms with Crippen molar-refractivity contribution in [2.75, 3.05) is 7.05 Å². The van der Waals surface area contributed by atoms with E-state index in [1.807, 2.05) is 25.2 Å². The molecule has 1 aliphatic heterocycles. The van der Waals surface area contributed by atoms with Crippen LogP contribution in [0.25, 0.3) is 0 Å².